The molecular weight excluding hydrogens is 1420 g/mol. The molecule has 6 nitrogen and oxygen atoms in total. The number of hydrogen-bond donors (Lipinski definition) is 0. The molecule has 0 aliphatic carbocycles. The Balaban J connectivity index is 0.861. The first kappa shape index (κ1) is 61.0. The van der Waals surface area contributed by atoms with Gasteiger partial charge < -0.3 is 9.80 Å². The summed E-state index contributed by atoms with van der Waals surface area (Å²) in [6, 6.07) is 138. The summed E-state index contributed by atoms with van der Waals surface area (Å²) >= 11 is 0.0941. The molecule has 22 rings (SSSR count). The zero-order chi connectivity index (χ0) is 69.5. The van der Waals surface area contributed by atoms with E-state index < -0.39 is 0 Å². The van der Waals surface area contributed by atoms with Gasteiger partial charge in [0.1, 0.15) is 0 Å². The third-order valence-electron chi connectivity index (χ3n) is 22.0. The molecule has 0 fully saturated rings. The smallest absolute Gasteiger partial charge is 0.0543 e. The van der Waals surface area contributed by atoms with Gasteiger partial charge in [-0.25, -0.2) is 0 Å². The van der Waals surface area contributed by atoms with Crippen molar-refractivity contribution >= 4 is 199 Å². The quantitative estimate of drug-likeness (QED) is 0.120. The minimum atomic E-state index is -0.248. The van der Waals surface area contributed by atoms with Crippen molar-refractivity contribution in [1.82, 2.24) is 0 Å². The van der Waals surface area contributed by atoms with Crippen LogP contribution in [0.5, 0.6) is 11.5 Å². The molecule has 4 aliphatic heterocycles. The van der Waals surface area contributed by atoms with Crippen LogP contribution in [0.2, 0.25) is 0 Å². The zero-order valence-corrected chi connectivity index (χ0v) is 60.8. The third-order valence-corrected chi connectivity index (χ3v) is 27.1. The maximum Gasteiger partial charge on any atom is -0.0543 e. The van der Waals surface area contributed by atoms with E-state index in [0.29, 0.717) is 0 Å². The Bertz CT molecular complexity index is 6460. The molecule has 2 aromatic heterocycles. The summed E-state index contributed by atoms with van der Waals surface area (Å²) in [6.07, 6.45) is 0. The molecule has 18 aromatic rings. The summed E-state index contributed by atoms with van der Waals surface area (Å²) in [5.41, 5.74) is 28.0. The largest absolute Gasteiger partial charge is 0.0616 e. The first-order valence-corrected chi connectivity index (χ1v) is 39.7. The second-order valence-electron chi connectivity index (χ2n) is 27.8. The Morgan fingerprint density at radius 3 is 1.32 bits per heavy atom. The first-order chi connectivity index (χ1) is 52.6. The second kappa shape index (κ2) is 24.6. The van der Waals surface area contributed by atoms with Crippen LogP contribution in [0.4, 0.5) is 85.3 Å². The van der Waals surface area contributed by atoms with Gasteiger partial charge in [0.15, 0.2) is 0 Å². The van der Waals surface area contributed by atoms with Crippen molar-refractivity contribution in [1.29, 1.82) is 0 Å². The second-order valence-corrected chi connectivity index (χ2v) is 32.2. The van der Waals surface area contributed by atoms with Crippen LogP contribution < -0.4 is 62.0 Å². The molecule has 16 aromatic carbocycles. The average Bonchev–Trinajstić information content (AvgIpc) is 0.820. The zero-order valence-electron chi connectivity index (χ0n) is 57.3. The van der Waals surface area contributed by atoms with E-state index in [2.05, 4.69) is 395 Å². The first-order valence-electron chi connectivity index (χ1n) is 36.3. The topological polar surface area (TPSA) is 25.4 Å². The van der Waals surface area contributed by atoms with E-state index in [0.717, 1.165) is 119 Å². The van der Waals surface area contributed by atoms with Crippen molar-refractivity contribution in [3.05, 3.63) is 370 Å². The van der Waals surface area contributed by atoms with Gasteiger partial charge in [0.25, 0.3) is 0 Å². The average molecular weight is 1480 g/mol. The molecule has 494 valence electrons. The Morgan fingerprint density at radius 2 is 0.708 bits per heavy atom. The standard InChI is InChI=1S/C96H61B2N5OSe2/c1-7-30-62(31-8-1)70-44-27-45-71(63-32-9-2-10-33-63)94(70)103-84-61-88-79(60-78(84)97-76-48-21-23-50-80(76)101(67-40-17-6-18-41-67)85-56-68(57-86(103)92(85)97)99(64-34-11-3-12-35-64)65-36-13-4-14-37-65)98-77-49-22-24-51-81(77)102(83-53-29-47-75-73-43-20-26-55-91(73)106-96(75)83)87-58-69(59-89(104-88)93(87)98)100(66-38-15-5-16-39-66)82-52-28-46-74-72-42-19-25-54-90(72)105-95(74)82/h1-61H. The molecule has 0 bridgehead atoms. The summed E-state index contributed by atoms with van der Waals surface area (Å²) in [5.74, 6) is 1.65. The molecule has 0 radical (unpaired) electrons. The maximum atomic E-state index is 8.18. The Morgan fingerprint density at radius 1 is 0.264 bits per heavy atom. The Hall–Kier alpha value is -12.5. The van der Waals surface area contributed by atoms with E-state index in [1.807, 2.05) is 0 Å². The molecule has 0 atom stereocenters. The van der Waals surface area contributed by atoms with Crippen molar-refractivity contribution in [2.45, 2.75) is 0 Å². The maximum absolute atomic E-state index is 8.18. The van der Waals surface area contributed by atoms with Crippen LogP contribution in [0.3, 0.4) is 0 Å². The molecule has 0 amide bonds. The molecule has 4 aliphatic rings. The predicted molar refractivity (Wildman–Crippen MR) is 450 cm³/mol. The van der Waals surface area contributed by atoms with Crippen LogP contribution in [-0.4, -0.2) is 42.4 Å². The number of nitrogens with zero attached hydrogens (tertiary/aromatic N) is 5. The van der Waals surface area contributed by atoms with E-state index in [1.165, 1.54) is 71.8 Å². The molecule has 10 heteroatoms. The van der Waals surface area contributed by atoms with E-state index in [9.17, 15) is 0 Å². The fourth-order valence-corrected chi connectivity index (χ4v) is 22.7. The fourth-order valence-electron chi connectivity index (χ4n) is 17.6. The summed E-state index contributed by atoms with van der Waals surface area (Å²) < 4.78 is 13.8. The van der Waals surface area contributed by atoms with Gasteiger partial charge in [0, 0.05) is 28.2 Å². The van der Waals surface area contributed by atoms with Crippen LogP contribution in [0, 0.1) is 0 Å². The molecule has 0 spiro atoms. The molecule has 0 saturated heterocycles. The minimum Gasteiger partial charge on any atom is -0.0616 e. The molecular formula is C96H61B2N5OSe2. The van der Waals surface area contributed by atoms with E-state index in [1.54, 1.807) is 0 Å². The number of fused-ring (bicyclic) bond motifs is 14. The van der Waals surface area contributed by atoms with Crippen LogP contribution in [0.15, 0.2) is 370 Å². The van der Waals surface area contributed by atoms with Crippen molar-refractivity contribution in [2.75, 3.05) is 24.5 Å². The van der Waals surface area contributed by atoms with Gasteiger partial charge in [-0.15, -0.1) is 0 Å². The van der Waals surface area contributed by atoms with Gasteiger partial charge in [-0.05, 0) is 65.7 Å². The van der Waals surface area contributed by atoms with E-state index >= 15 is 0 Å². The van der Waals surface area contributed by atoms with Gasteiger partial charge in [0.2, 0.25) is 0 Å². The summed E-state index contributed by atoms with van der Waals surface area (Å²) in [4.78, 5) is 12.7. The number of hydrogen-bond acceptors (Lipinski definition) is 6. The van der Waals surface area contributed by atoms with Crippen LogP contribution in [-0.2, 0) is 0 Å². The molecule has 106 heavy (non-hydrogen) atoms. The van der Waals surface area contributed by atoms with Crippen LogP contribution >= 0.6 is 0 Å². The monoisotopic (exact) mass is 1480 g/mol. The molecule has 0 N–H and O–H groups in total. The van der Waals surface area contributed by atoms with E-state index in [-0.39, 0.29) is 42.4 Å². The minimum absolute atomic E-state index is 0.0426. The number of benzene rings is 16. The molecule has 0 saturated carbocycles. The summed E-state index contributed by atoms with van der Waals surface area (Å²) in [6.45, 7) is -0.492. The summed E-state index contributed by atoms with van der Waals surface area (Å²) in [7, 11) is 0. The third kappa shape index (κ3) is 9.45. The van der Waals surface area contributed by atoms with Crippen molar-refractivity contribution in [3.63, 3.8) is 0 Å². The predicted octanol–water partition coefficient (Wildman–Crippen LogP) is 21.2. The van der Waals surface area contributed by atoms with Crippen LogP contribution in [0.1, 0.15) is 0 Å². The van der Waals surface area contributed by atoms with Gasteiger partial charge in [-0.3, -0.25) is 0 Å². The van der Waals surface area contributed by atoms with Crippen LogP contribution in [0.25, 0.3) is 60.8 Å². The Kier molecular flexibility index (Phi) is 14.1. The van der Waals surface area contributed by atoms with E-state index in [4.69, 9.17) is 4.74 Å². The Labute approximate surface area is 627 Å². The van der Waals surface area contributed by atoms with Gasteiger partial charge in [-0.1, -0.05) is 146 Å². The number of anilines is 15. The fraction of sp³-hybridized carbons (Fsp3) is 0. The van der Waals surface area contributed by atoms with Crippen molar-refractivity contribution in [3.8, 4) is 33.8 Å². The van der Waals surface area contributed by atoms with Crippen molar-refractivity contribution < 1.29 is 4.74 Å². The number of ether oxygens (including phenoxy) is 1. The van der Waals surface area contributed by atoms with Gasteiger partial charge >= 0.3 is 377 Å². The number of rotatable bonds is 11. The molecule has 6 heterocycles. The molecule has 0 unspecified atom stereocenters. The van der Waals surface area contributed by atoms with Crippen molar-refractivity contribution in [2.24, 2.45) is 0 Å². The van der Waals surface area contributed by atoms with Gasteiger partial charge in [0.05, 0.1) is 5.69 Å². The SMILES string of the molecule is c1ccc(-c2cccc(-c3ccccc3)c2N2c3cc4c(cc3B3c5ccccc5N(c5ccccc5)c5cc(N(c6ccccc6)c6ccccc6)cc2c53)B2c3ccccc3N(c3cccc5c3[se]c3ccccc35)c3cc(N(c5ccccc5)c5cccc6c5[se]c5ccccc56)cc(c32)O4)cc1. The summed E-state index contributed by atoms with van der Waals surface area (Å²) in [5, 5.41) is 5.26. The normalized spacial score (nSPS) is 12.9. The number of para-hydroxylation sites is 7. The van der Waals surface area contributed by atoms with Gasteiger partial charge in [-0.2, -0.15) is 0 Å².